The van der Waals surface area contributed by atoms with Crippen LogP contribution in [0.2, 0.25) is 0 Å². The minimum Gasteiger partial charge on any atom is -0.324 e. The van der Waals surface area contributed by atoms with Crippen LogP contribution in [0.3, 0.4) is 0 Å². The Hall–Kier alpha value is -2.43. The van der Waals surface area contributed by atoms with Crippen molar-refractivity contribution in [3.05, 3.63) is 42.0 Å². The van der Waals surface area contributed by atoms with E-state index in [4.69, 9.17) is 0 Å². The van der Waals surface area contributed by atoms with E-state index in [0.29, 0.717) is 12.1 Å². The van der Waals surface area contributed by atoms with Crippen molar-refractivity contribution in [3.63, 3.8) is 0 Å². The summed E-state index contributed by atoms with van der Waals surface area (Å²) in [6, 6.07) is 6.75. The zero-order valence-corrected chi connectivity index (χ0v) is 15.1. The van der Waals surface area contributed by atoms with Gasteiger partial charge in [0.15, 0.2) is 0 Å². The summed E-state index contributed by atoms with van der Waals surface area (Å²) in [5.41, 5.74) is 1.78. The summed E-state index contributed by atoms with van der Waals surface area (Å²) in [5.74, 6) is -0.875. The van der Waals surface area contributed by atoms with Gasteiger partial charge in [0, 0.05) is 5.69 Å². The maximum absolute atomic E-state index is 13.0. The second-order valence-corrected chi connectivity index (χ2v) is 7.67. The standard InChI is InChI=1S/C21H24N2O3/c1-3-16(19(24)22-15-10-4-12(2)5-11-15)23-20(25)17-13-6-7-14(9-8-13)18(17)21(23)26/h4-7,10-11,13-14,16-18H,3,8-9H2,1-2H3,(H,22,24)/t13-,14-,16+,17-,18-/m0/s1. The molecule has 2 fully saturated rings. The molecule has 3 amide bonds. The number of allylic oxidation sites excluding steroid dienone is 2. The number of aryl methyl sites for hydroxylation is 1. The fourth-order valence-corrected chi connectivity index (χ4v) is 4.75. The molecule has 5 nitrogen and oxygen atoms in total. The first-order valence-electron chi connectivity index (χ1n) is 9.44. The van der Waals surface area contributed by atoms with Gasteiger partial charge in [-0.15, -0.1) is 0 Å². The molecule has 1 aromatic rings. The minimum absolute atomic E-state index is 0.143. The van der Waals surface area contributed by atoms with E-state index >= 15 is 0 Å². The summed E-state index contributed by atoms with van der Waals surface area (Å²) in [4.78, 5) is 40.1. The molecule has 1 saturated heterocycles. The first kappa shape index (κ1) is 17.0. The topological polar surface area (TPSA) is 66.5 Å². The van der Waals surface area contributed by atoms with Crippen molar-refractivity contribution >= 4 is 23.4 Å². The molecule has 4 aliphatic rings. The second-order valence-electron chi connectivity index (χ2n) is 7.67. The van der Waals surface area contributed by atoms with E-state index in [1.54, 1.807) is 0 Å². The molecule has 0 radical (unpaired) electrons. The fourth-order valence-electron chi connectivity index (χ4n) is 4.75. The number of imide groups is 1. The number of nitrogens with one attached hydrogen (secondary N) is 1. The molecule has 1 saturated carbocycles. The Morgan fingerprint density at radius 1 is 1.08 bits per heavy atom. The van der Waals surface area contributed by atoms with Crippen LogP contribution in [0, 0.1) is 30.6 Å². The molecule has 136 valence electrons. The normalized spacial score (nSPS) is 30.5. The zero-order chi connectivity index (χ0) is 18.4. The first-order valence-corrected chi connectivity index (χ1v) is 9.44. The maximum Gasteiger partial charge on any atom is 0.247 e. The summed E-state index contributed by atoms with van der Waals surface area (Å²) in [6.45, 7) is 3.82. The van der Waals surface area contributed by atoms with Gasteiger partial charge in [0.1, 0.15) is 6.04 Å². The molecule has 5 atom stereocenters. The lowest BCUT2D eigenvalue weighted by Gasteiger charge is -2.38. The van der Waals surface area contributed by atoms with Crippen molar-refractivity contribution in [1.29, 1.82) is 0 Å². The summed E-state index contributed by atoms with van der Waals surface area (Å²) in [5, 5.41) is 2.86. The van der Waals surface area contributed by atoms with Gasteiger partial charge >= 0.3 is 0 Å². The number of fused-ring (bicyclic) bond motifs is 1. The van der Waals surface area contributed by atoms with Gasteiger partial charge in [-0.1, -0.05) is 36.8 Å². The van der Waals surface area contributed by atoms with Crippen LogP contribution in [-0.4, -0.2) is 28.7 Å². The molecule has 2 bridgehead atoms. The largest absolute Gasteiger partial charge is 0.324 e. The van der Waals surface area contributed by atoms with E-state index in [1.165, 1.54) is 4.90 Å². The summed E-state index contributed by atoms with van der Waals surface area (Å²) in [6.07, 6.45) is 6.52. The van der Waals surface area contributed by atoms with Crippen molar-refractivity contribution in [2.75, 3.05) is 5.32 Å². The van der Waals surface area contributed by atoms with Crippen LogP contribution in [0.1, 0.15) is 31.7 Å². The summed E-state index contributed by atoms with van der Waals surface area (Å²) < 4.78 is 0. The molecule has 3 aliphatic carbocycles. The van der Waals surface area contributed by atoms with Gasteiger partial charge in [-0.2, -0.15) is 0 Å². The number of carbonyl (C=O) groups is 3. The predicted molar refractivity (Wildman–Crippen MR) is 98.1 cm³/mol. The summed E-state index contributed by atoms with van der Waals surface area (Å²) >= 11 is 0. The smallest absolute Gasteiger partial charge is 0.247 e. The van der Waals surface area contributed by atoms with E-state index in [0.717, 1.165) is 18.4 Å². The van der Waals surface area contributed by atoms with Crippen LogP contribution in [0.25, 0.3) is 0 Å². The number of hydrogen-bond donors (Lipinski definition) is 1. The van der Waals surface area contributed by atoms with Crippen molar-refractivity contribution in [2.24, 2.45) is 23.7 Å². The fraction of sp³-hybridized carbons (Fsp3) is 0.476. The van der Waals surface area contributed by atoms with E-state index in [-0.39, 0.29) is 41.4 Å². The Bertz CT molecular complexity index is 751. The van der Waals surface area contributed by atoms with Gasteiger partial charge < -0.3 is 5.32 Å². The SMILES string of the molecule is CC[C@H](C(=O)Nc1ccc(C)cc1)N1C(=O)[C@@H]2[C@@H](C1=O)[C@H]1C=C[C@H]2CC1. The average molecular weight is 352 g/mol. The highest BCUT2D eigenvalue weighted by atomic mass is 16.2. The van der Waals surface area contributed by atoms with Crippen LogP contribution in [0.15, 0.2) is 36.4 Å². The predicted octanol–water partition coefficient (Wildman–Crippen LogP) is 2.91. The molecule has 0 unspecified atom stereocenters. The van der Waals surface area contributed by atoms with E-state index in [9.17, 15) is 14.4 Å². The lowest BCUT2D eigenvalue weighted by atomic mass is 9.63. The van der Waals surface area contributed by atoms with Crippen LogP contribution >= 0.6 is 0 Å². The van der Waals surface area contributed by atoms with Gasteiger partial charge in [-0.25, -0.2) is 0 Å². The monoisotopic (exact) mass is 352 g/mol. The van der Waals surface area contributed by atoms with Gasteiger partial charge in [-0.3, -0.25) is 19.3 Å². The molecule has 5 heteroatoms. The average Bonchev–Trinajstić information content (AvgIpc) is 2.93. The van der Waals surface area contributed by atoms with Gasteiger partial charge in [0.2, 0.25) is 17.7 Å². The number of anilines is 1. The summed E-state index contributed by atoms with van der Waals surface area (Å²) in [7, 11) is 0. The number of likely N-dealkylation sites (tertiary alicyclic amines) is 1. The number of rotatable bonds is 4. The second kappa shape index (κ2) is 6.38. The Kier molecular flexibility index (Phi) is 4.17. The van der Waals surface area contributed by atoms with Gasteiger partial charge in [-0.05, 0) is 50.2 Å². The molecule has 1 heterocycles. The van der Waals surface area contributed by atoms with Crippen molar-refractivity contribution in [2.45, 2.75) is 39.2 Å². The Balaban J connectivity index is 1.56. The Labute approximate surface area is 153 Å². The third kappa shape index (κ3) is 2.57. The minimum atomic E-state index is -0.749. The van der Waals surface area contributed by atoms with Crippen LogP contribution in [0.5, 0.6) is 0 Å². The first-order chi connectivity index (χ1) is 12.5. The van der Waals surface area contributed by atoms with Crippen LogP contribution < -0.4 is 5.32 Å². The zero-order valence-electron chi connectivity index (χ0n) is 15.1. The van der Waals surface area contributed by atoms with E-state index in [1.807, 2.05) is 38.1 Å². The number of carbonyl (C=O) groups excluding carboxylic acids is 3. The molecule has 1 N–H and O–H groups in total. The quantitative estimate of drug-likeness (QED) is 0.669. The number of amides is 3. The number of nitrogens with zero attached hydrogens (tertiary/aromatic N) is 1. The van der Waals surface area contributed by atoms with E-state index < -0.39 is 6.04 Å². The highest BCUT2D eigenvalue weighted by Gasteiger charge is 2.58. The lowest BCUT2D eigenvalue weighted by molar-refractivity contribution is -0.146. The molecule has 0 spiro atoms. The molecule has 1 aromatic carbocycles. The van der Waals surface area contributed by atoms with Crippen LogP contribution in [-0.2, 0) is 14.4 Å². The third-order valence-electron chi connectivity index (χ3n) is 6.11. The highest BCUT2D eigenvalue weighted by Crippen LogP contribution is 2.50. The molecule has 5 rings (SSSR count). The lowest BCUT2D eigenvalue weighted by Crippen LogP contribution is -2.47. The number of hydrogen-bond acceptors (Lipinski definition) is 3. The van der Waals surface area contributed by atoms with E-state index in [2.05, 4.69) is 17.5 Å². The molecular weight excluding hydrogens is 328 g/mol. The Morgan fingerprint density at radius 3 is 2.08 bits per heavy atom. The van der Waals surface area contributed by atoms with Gasteiger partial charge in [0.25, 0.3) is 0 Å². The third-order valence-corrected chi connectivity index (χ3v) is 6.11. The van der Waals surface area contributed by atoms with Crippen LogP contribution in [0.4, 0.5) is 5.69 Å². The maximum atomic E-state index is 13.0. The van der Waals surface area contributed by atoms with Crippen molar-refractivity contribution in [3.8, 4) is 0 Å². The number of benzene rings is 1. The molecule has 1 aliphatic heterocycles. The Morgan fingerprint density at radius 2 is 1.62 bits per heavy atom. The van der Waals surface area contributed by atoms with Crippen molar-refractivity contribution < 1.29 is 14.4 Å². The molecule has 0 aromatic heterocycles. The van der Waals surface area contributed by atoms with Gasteiger partial charge in [0.05, 0.1) is 11.8 Å². The highest BCUT2D eigenvalue weighted by molar-refractivity contribution is 6.10. The molecule has 26 heavy (non-hydrogen) atoms. The molecular formula is C21H24N2O3. The van der Waals surface area contributed by atoms with Crippen molar-refractivity contribution in [1.82, 2.24) is 4.90 Å².